The predicted octanol–water partition coefficient (Wildman–Crippen LogP) is 10.1. The Morgan fingerprint density at radius 3 is 2.38 bits per heavy atom. The number of carboxylic acid groups (broad SMARTS) is 1. The van der Waals surface area contributed by atoms with Crippen LogP contribution in [0.4, 0.5) is 23.4 Å². The number of ether oxygens (including phenoxy) is 3. The first-order chi connectivity index (χ1) is 28.4. The molecule has 0 aliphatic carbocycles. The van der Waals surface area contributed by atoms with Gasteiger partial charge in [-0.25, -0.2) is 17.6 Å². The Kier molecular flexibility index (Phi) is 12.2. The number of nitrogens with zero attached hydrogens (tertiary/aromatic N) is 4. The molecule has 3 fully saturated rings. The molecule has 0 amide bonds. The third kappa shape index (κ3) is 7.70. The third-order valence-corrected chi connectivity index (χ3v) is 19.8. The normalized spacial score (nSPS) is 22.2. The lowest BCUT2D eigenvalue weighted by Gasteiger charge is -2.38. The van der Waals surface area contributed by atoms with Gasteiger partial charge >= 0.3 is 12.0 Å². The Balaban J connectivity index is 1.47. The molecule has 0 spiro atoms. The van der Waals surface area contributed by atoms with Crippen molar-refractivity contribution in [2.45, 2.75) is 109 Å². The first-order valence-corrected chi connectivity index (χ1v) is 23.3. The van der Waals surface area contributed by atoms with Crippen LogP contribution < -0.4 is 14.4 Å². The largest absolute Gasteiger partial charge is 0.481 e. The number of fused-ring (bicyclic) bond motifs is 3. The van der Waals surface area contributed by atoms with E-state index in [1.165, 1.54) is 25.3 Å². The molecule has 7 rings (SSSR count). The summed E-state index contributed by atoms with van der Waals surface area (Å²) in [5.74, 6) is -0.0587. The monoisotopic (exact) mass is 848 g/mol. The highest BCUT2D eigenvalue weighted by molar-refractivity contribution is 6.90. The molecule has 60 heavy (non-hydrogen) atoms. The average molecular weight is 849 g/mol. The summed E-state index contributed by atoms with van der Waals surface area (Å²) in [5, 5.41) is 10.9. The molecule has 3 aliphatic heterocycles. The van der Waals surface area contributed by atoms with Crippen molar-refractivity contribution >= 4 is 41.5 Å². The van der Waals surface area contributed by atoms with E-state index in [1.807, 2.05) is 0 Å². The fourth-order valence-corrected chi connectivity index (χ4v) is 15.7. The lowest BCUT2D eigenvalue weighted by molar-refractivity contribution is -0.148. The van der Waals surface area contributed by atoms with E-state index < -0.39 is 54.2 Å². The topological polar surface area (TPSA) is 97.2 Å². The predicted molar refractivity (Wildman–Crippen MR) is 229 cm³/mol. The molecule has 4 heterocycles. The number of piperidine rings is 1. The van der Waals surface area contributed by atoms with Crippen molar-refractivity contribution in [1.29, 1.82) is 0 Å². The molecule has 4 aromatic rings. The molecular formula is C46H56F4N4O5Si. The number of aromatic nitrogens is 2. The minimum atomic E-state index is -2.39. The molecule has 0 saturated carbocycles. The molecule has 3 aromatic carbocycles. The zero-order valence-electron chi connectivity index (χ0n) is 35.9. The fraction of sp³-hybridized carbons (Fsp3) is 0.543. The minimum Gasteiger partial charge on any atom is -0.481 e. The number of aliphatic carboxylic acids is 1. The van der Waals surface area contributed by atoms with Crippen molar-refractivity contribution in [3.05, 3.63) is 53.3 Å². The fourth-order valence-electron chi connectivity index (χ4n) is 10.5. The van der Waals surface area contributed by atoms with Gasteiger partial charge in [0.2, 0.25) is 0 Å². The summed E-state index contributed by atoms with van der Waals surface area (Å²) in [6.45, 7) is 15.9. The first-order valence-electron chi connectivity index (χ1n) is 21.1. The van der Waals surface area contributed by atoms with Gasteiger partial charge in [-0.05, 0) is 85.4 Å². The second-order valence-corrected chi connectivity index (χ2v) is 23.8. The first kappa shape index (κ1) is 43.6. The lowest BCUT2D eigenvalue weighted by atomic mass is 9.82. The number of alkyl halides is 1. The van der Waals surface area contributed by atoms with E-state index in [2.05, 4.69) is 62.9 Å². The van der Waals surface area contributed by atoms with Gasteiger partial charge in [-0.2, -0.15) is 9.97 Å². The van der Waals surface area contributed by atoms with Crippen molar-refractivity contribution in [2.24, 2.45) is 5.41 Å². The molecule has 14 heteroatoms. The van der Waals surface area contributed by atoms with E-state index >= 15 is 13.2 Å². The molecule has 3 atom stereocenters. The zero-order valence-corrected chi connectivity index (χ0v) is 36.9. The number of rotatable bonds is 12. The van der Waals surface area contributed by atoms with Gasteiger partial charge in [0.15, 0.2) is 12.6 Å². The van der Waals surface area contributed by atoms with Crippen LogP contribution in [-0.2, 0) is 9.53 Å². The number of carboxylic acids is 1. The van der Waals surface area contributed by atoms with E-state index in [-0.39, 0.29) is 88.0 Å². The van der Waals surface area contributed by atoms with Crippen LogP contribution in [0.5, 0.6) is 11.8 Å². The minimum absolute atomic E-state index is 0.00435. The van der Waals surface area contributed by atoms with E-state index in [1.54, 1.807) is 17.9 Å². The van der Waals surface area contributed by atoms with Crippen LogP contribution in [0.2, 0.25) is 16.6 Å². The number of hydrogen-bond donors (Lipinski definition) is 1. The third-order valence-electron chi connectivity index (χ3n) is 13.5. The van der Waals surface area contributed by atoms with Crippen LogP contribution in [0, 0.1) is 34.3 Å². The van der Waals surface area contributed by atoms with Crippen molar-refractivity contribution < 1.29 is 41.7 Å². The van der Waals surface area contributed by atoms with Gasteiger partial charge in [0.05, 0.1) is 22.1 Å². The summed E-state index contributed by atoms with van der Waals surface area (Å²) in [6.07, 6.45) is 1.77. The number of hydrogen-bond acceptors (Lipinski definition) is 8. The number of benzene rings is 3. The zero-order chi connectivity index (χ0) is 43.3. The SMILES string of the molecule is COCOc1cc(-c2c(F)cc3c(N4CCCC(C)(C(=O)O)C4)nc(OC[C@@]45CCCN4C[C@H](F)C5)nc3c2F)c2c(C#C[Si](C(C)C)(C(C)C)C(C)C)c(F)ccc2c1. The van der Waals surface area contributed by atoms with Crippen LogP contribution >= 0.6 is 0 Å². The highest BCUT2D eigenvalue weighted by Gasteiger charge is 2.49. The van der Waals surface area contributed by atoms with Crippen molar-refractivity contribution in [3.8, 4) is 34.4 Å². The lowest BCUT2D eigenvalue weighted by Crippen LogP contribution is -2.46. The van der Waals surface area contributed by atoms with Crippen LogP contribution in [0.15, 0.2) is 30.3 Å². The van der Waals surface area contributed by atoms with Gasteiger partial charge in [-0.3, -0.25) is 9.69 Å². The second-order valence-electron chi connectivity index (χ2n) is 18.2. The quantitative estimate of drug-likeness (QED) is 0.0647. The number of anilines is 1. The van der Waals surface area contributed by atoms with Gasteiger partial charge in [0, 0.05) is 49.5 Å². The molecule has 3 saturated heterocycles. The molecule has 1 aromatic heterocycles. The van der Waals surface area contributed by atoms with Gasteiger partial charge in [0.25, 0.3) is 0 Å². The Morgan fingerprint density at radius 2 is 1.70 bits per heavy atom. The molecule has 1 N–H and O–H groups in total. The Labute approximate surface area is 350 Å². The van der Waals surface area contributed by atoms with Gasteiger partial charge < -0.3 is 24.2 Å². The summed E-state index contributed by atoms with van der Waals surface area (Å²) in [4.78, 5) is 25.5. The number of halogens is 4. The Morgan fingerprint density at radius 1 is 0.983 bits per heavy atom. The number of carbonyl (C=O) groups is 1. The molecular weight excluding hydrogens is 793 g/mol. The summed E-state index contributed by atoms with van der Waals surface area (Å²) < 4.78 is 83.1. The number of methoxy groups -OCH3 is 1. The van der Waals surface area contributed by atoms with Crippen molar-refractivity contribution in [3.63, 3.8) is 0 Å². The standard InChI is InChI=1S/C46H56F4N4O5Si/c1-27(2)60(28(3)4,29(5)6)18-13-33-36(48)12-11-30-19-32(59-26-57-8)20-34(38(30)33)39-37(49)21-35-41(40(39)50)51-44(58-25-46-15-10-17-54(46)23-31(47)22-46)52-42(35)53-16-9-14-45(7,24-53)43(55)56/h11-12,19-21,27-29,31H,9-10,14-17,22-26H2,1-8H3,(H,55,56)/t31-,45?,46+/m1/s1. The Hall–Kier alpha value is -4.45. The second kappa shape index (κ2) is 16.8. The molecule has 1 unspecified atom stereocenters. The molecule has 322 valence electrons. The molecule has 9 nitrogen and oxygen atoms in total. The Bertz CT molecular complexity index is 2350. The highest BCUT2D eigenvalue weighted by Crippen LogP contribution is 2.45. The summed E-state index contributed by atoms with van der Waals surface area (Å²) in [5.41, 5.74) is 1.88. The highest BCUT2D eigenvalue weighted by atomic mass is 28.3. The maximum Gasteiger partial charge on any atom is 0.319 e. The smallest absolute Gasteiger partial charge is 0.319 e. The molecule has 0 bridgehead atoms. The van der Waals surface area contributed by atoms with Crippen molar-refractivity contribution in [2.75, 3.05) is 51.6 Å². The van der Waals surface area contributed by atoms with Crippen molar-refractivity contribution in [1.82, 2.24) is 14.9 Å². The van der Waals surface area contributed by atoms with Crippen LogP contribution in [-0.4, -0.2) is 92.4 Å². The summed E-state index contributed by atoms with van der Waals surface area (Å²) in [6, 6.07) is 6.91. The average Bonchev–Trinajstić information content (AvgIpc) is 3.72. The van der Waals surface area contributed by atoms with E-state index in [9.17, 15) is 14.3 Å². The summed E-state index contributed by atoms with van der Waals surface area (Å²) in [7, 11) is -0.943. The van der Waals surface area contributed by atoms with Crippen LogP contribution in [0.25, 0.3) is 32.8 Å². The summed E-state index contributed by atoms with van der Waals surface area (Å²) >= 11 is 0. The van der Waals surface area contributed by atoms with Crippen LogP contribution in [0.3, 0.4) is 0 Å². The molecule has 3 aliphatic rings. The molecule has 0 radical (unpaired) electrons. The van der Waals surface area contributed by atoms with E-state index in [0.29, 0.717) is 37.7 Å². The maximum absolute atomic E-state index is 17.7. The van der Waals surface area contributed by atoms with Crippen LogP contribution in [0.1, 0.15) is 86.1 Å². The van der Waals surface area contributed by atoms with E-state index in [4.69, 9.17) is 19.2 Å². The van der Waals surface area contributed by atoms with E-state index in [0.717, 1.165) is 19.0 Å². The van der Waals surface area contributed by atoms with Gasteiger partial charge in [-0.1, -0.05) is 53.5 Å². The van der Waals surface area contributed by atoms with Gasteiger partial charge in [-0.15, -0.1) is 5.54 Å². The van der Waals surface area contributed by atoms with Gasteiger partial charge in [0.1, 0.15) is 49.6 Å². The maximum atomic E-state index is 17.7.